The Morgan fingerprint density at radius 2 is 2.00 bits per heavy atom. The maximum Gasteiger partial charge on any atom is 0.410 e. The first-order valence-electron chi connectivity index (χ1n) is 5.58. The molecule has 5 heteroatoms. The van der Waals surface area contributed by atoms with Crippen LogP contribution in [0.1, 0.15) is 20.8 Å². The molecule has 2 aliphatic rings. The number of hydrogen-bond acceptors (Lipinski definition) is 4. The molecule has 0 aromatic carbocycles. The highest BCUT2D eigenvalue weighted by Gasteiger charge is 2.56. The highest BCUT2D eigenvalue weighted by atomic mass is 16.6. The fourth-order valence-electron chi connectivity index (χ4n) is 2.35. The van der Waals surface area contributed by atoms with Crippen molar-refractivity contribution in [2.75, 3.05) is 13.1 Å². The third-order valence-corrected chi connectivity index (χ3v) is 3.15. The SMILES string of the molecule is CC(C)(C)OC(=O)N1CC2C(/C=N/O)[C@@H]2C1. The zero-order valence-electron chi connectivity index (χ0n) is 9.88. The van der Waals surface area contributed by atoms with Gasteiger partial charge in [-0.2, -0.15) is 0 Å². The van der Waals surface area contributed by atoms with Crippen LogP contribution in [0.2, 0.25) is 0 Å². The van der Waals surface area contributed by atoms with Crippen molar-refractivity contribution in [2.45, 2.75) is 26.4 Å². The fraction of sp³-hybridized carbons (Fsp3) is 0.818. The second kappa shape index (κ2) is 3.64. The number of amides is 1. The number of piperidine rings is 1. The number of carbonyl (C=O) groups is 1. The predicted octanol–water partition coefficient (Wildman–Crippen LogP) is 1.56. The summed E-state index contributed by atoms with van der Waals surface area (Å²) in [4.78, 5) is 13.5. The summed E-state index contributed by atoms with van der Waals surface area (Å²) in [6.45, 7) is 7.03. The van der Waals surface area contributed by atoms with E-state index >= 15 is 0 Å². The lowest BCUT2D eigenvalue weighted by atomic mass is 10.2. The van der Waals surface area contributed by atoms with Crippen molar-refractivity contribution in [1.29, 1.82) is 0 Å². The summed E-state index contributed by atoms with van der Waals surface area (Å²) < 4.78 is 5.29. The van der Waals surface area contributed by atoms with Crippen molar-refractivity contribution in [3.05, 3.63) is 0 Å². The fourth-order valence-corrected chi connectivity index (χ4v) is 2.35. The Labute approximate surface area is 95.1 Å². The van der Waals surface area contributed by atoms with Gasteiger partial charge in [0.15, 0.2) is 0 Å². The van der Waals surface area contributed by atoms with Crippen molar-refractivity contribution in [3.8, 4) is 0 Å². The lowest BCUT2D eigenvalue weighted by molar-refractivity contribution is 0.0270. The van der Waals surface area contributed by atoms with Crippen LogP contribution in [0.5, 0.6) is 0 Å². The molecule has 1 aliphatic carbocycles. The zero-order chi connectivity index (χ0) is 11.9. The van der Waals surface area contributed by atoms with E-state index in [2.05, 4.69) is 5.16 Å². The van der Waals surface area contributed by atoms with E-state index in [-0.39, 0.29) is 6.09 Å². The van der Waals surface area contributed by atoms with Gasteiger partial charge >= 0.3 is 6.09 Å². The quantitative estimate of drug-likeness (QED) is 0.419. The summed E-state index contributed by atoms with van der Waals surface area (Å²) in [6.07, 6.45) is 1.33. The van der Waals surface area contributed by atoms with Gasteiger partial charge < -0.3 is 14.8 Å². The minimum atomic E-state index is -0.435. The highest BCUT2D eigenvalue weighted by molar-refractivity contribution is 5.71. The molecule has 2 rings (SSSR count). The van der Waals surface area contributed by atoms with Gasteiger partial charge in [-0.05, 0) is 32.6 Å². The van der Waals surface area contributed by atoms with Gasteiger partial charge in [0.05, 0.1) is 0 Å². The summed E-state index contributed by atoms with van der Waals surface area (Å²) in [5, 5.41) is 11.5. The maximum absolute atomic E-state index is 11.7. The molecule has 90 valence electrons. The summed E-state index contributed by atoms with van der Waals surface area (Å²) >= 11 is 0. The molecule has 2 unspecified atom stereocenters. The molecule has 1 N–H and O–H groups in total. The minimum absolute atomic E-state index is 0.237. The molecule has 1 saturated heterocycles. The standard InChI is InChI=1S/C11H18N2O3/c1-11(2,3)16-10(14)13-5-8-7(4-12-15)9(8)6-13/h4,7-9,15H,5-6H2,1-3H3/b12-4+/t7?,8-,9?/m0/s1. The highest BCUT2D eigenvalue weighted by Crippen LogP contribution is 2.50. The third kappa shape index (κ3) is 2.13. The lowest BCUT2D eigenvalue weighted by Crippen LogP contribution is -2.37. The maximum atomic E-state index is 11.7. The first kappa shape index (κ1) is 11.2. The van der Waals surface area contributed by atoms with Crippen LogP contribution in [0.3, 0.4) is 0 Å². The van der Waals surface area contributed by atoms with Crippen molar-refractivity contribution in [3.63, 3.8) is 0 Å². The molecule has 5 nitrogen and oxygen atoms in total. The number of carbonyl (C=O) groups excluding carboxylic acids is 1. The Kier molecular flexibility index (Phi) is 2.56. The molecule has 2 fully saturated rings. The monoisotopic (exact) mass is 226 g/mol. The molecule has 0 bridgehead atoms. The van der Waals surface area contributed by atoms with Gasteiger partial charge in [0, 0.05) is 25.2 Å². The number of hydrogen-bond donors (Lipinski definition) is 1. The minimum Gasteiger partial charge on any atom is -0.444 e. The predicted molar refractivity (Wildman–Crippen MR) is 58.6 cm³/mol. The van der Waals surface area contributed by atoms with Gasteiger partial charge in [-0.25, -0.2) is 4.79 Å². The second-order valence-corrected chi connectivity index (χ2v) is 5.55. The molecule has 0 aromatic rings. The Hall–Kier alpha value is -1.26. The largest absolute Gasteiger partial charge is 0.444 e. The van der Waals surface area contributed by atoms with E-state index in [1.165, 1.54) is 0 Å². The second-order valence-electron chi connectivity index (χ2n) is 5.55. The van der Waals surface area contributed by atoms with E-state index in [1.54, 1.807) is 11.1 Å². The average molecular weight is 226 g/mol. The van der Waals surface area contributed by atoms with Gasteiger partial charge in [-0.3, -0.25) is 0 Å². The summed E-state index contributed by atoms with van der Waals surface area (Å²) in [6, 6.07) is 0. The van der Waals surface area contributed by atoms with Crippen LogP contribution in [0, 0.1) is 17.8 Å². The Balaban J connectivity index is 1.82. The molecular weight excluding hydrogens is 208 g/mol. The van der Waals surface area contributed by atoms with Gasteiger partial charge in [-0.15, -0.1) is 5.16 Å². The topological polar surface area (TPSA) is 62.1 Å². The van der Waals surface area contributed by atoms with Crippen LogP contribution < -0.4 is 0 Å². The van der Waals surface area contributed by atoms with E-state index in [9.17, 15) is 4.79 Å². The molecule has 1 heterocycles. The summed E-state index contributed by atoms with van der Waals surface area (Å²) in [5.41, 5.74) is -0.435. The van der Waals surface area contributed by atoms with Crippen molar-refractivity contribution < 1.29 is 14.7 Å². The smallest absolute Gasteiger partial charge is 0.410 e. The molecule has 1 saturated carbocycles. The normalized spacial score (nSPS) is 32.9. The first-order chi connectivity index (χ1) is 7.42. The summed E-state index contributed by atoms with van der Waals surface area (Å²) in [7, 11) is 0. The number of oxime groups is 1. The molecule has 1 amide bonds. The molecule has 0 aromatic heterocycles. The Bertz CT molecular complexity index is 310. The van der Waals surface area contributed by atoms with Crippen LogP contribution in [0.4, 0.5) is 4.79 Å². The molecule has 3 atom stereocenters. The Morgan fingerprint density at radius 1 is 1.44 bits per heavy atom. The Morgan fingerprint density at radius 3 is 2.44 bits per heavy atom. The van der Waals surface area contributed by atoms with Gasteiger partial charge in [0.2, 0.25) is 0 Å². The van der Waals surface area contributed by atoms with Crippen LogP contribution in [-0.4, -0.2) is 41.1 Å². The number of likely N-dealkylation sites (tertiary alicyclic amines) is 1. The molecule has 0 spiro atoms. The van der Waals surface area contributed by atoms with E-state index < -0.39 is 5.60 Å². The van der Waals surface area contributed by atoms with Gasteiger partial charge in [0.25, 0.3) is 0 Å². The van der Waals surface area contributed by atoms with E-state index in [0.29, 0.717) is 17.8 Å². The van der Waals surface area contributed by atoms with Crippen LogP contribution >= 0.6 is 0 Å². The van der Waals surface area contributed by atoms with Crippen molar-refractivity contribution in [1.82, 2.24) is 4.90 Å². The van der Waals surface area contributed by atoms with Crippen LogP contribution in [0.15, 0.2) is 5.16 Å². The van der Waals surface area contributed by atoms with E-state index in [4.69, 9.17) is 9.94 Å². The van der Waals surface area contributed by atoms with E-state index in [1.807, 2.05) is 20.8 Å². The van der Waals surface area contributed by atoms with Crippen LogP contribution in [-0.2, 0) is 4.74 Å². The van der Waals surface area contributed by atoms with Crippen molar-refractivity contribution in [2.24, 2.45) is 22.9 Å². The van der Waals surface area contributed by atoms with E-state index in [0.717, 1.165) is 13.1 Å². The van der Waals surface area contributed by atoms with Crippen LogP contribution in [0.25, 0.3) is 0 Å². The van der Waals surface area contributed by atoms with Gasteiger partial charge in [-0.1, -0.05) is 0 Å². The number of ether oxygens (including phenoxy) is 1. The summed E-state index contributed by atoms with van der Waals surface area (Å²) in [5.74, 6) is 1.27. The average Bonchev–Trinajstić information content (AvgIpc) is 2.60. The first-order valence-corrected chi connectivity index (χ1v) is 5.58. The zero-order valence-corrected chi connectivity index (χ0v) is 9.88. The molecular formula is C11H18N2O3. The molecule has 0 radical (unpaired) electrons. The van der Waals surface area contributed by atoms with Crippen molar-refractivity contribution >= 4 is 12.3 Å². The number of rotatable bonds is 1. The van der Waals surface area contributed by atoms with Gasteiger partial charge in [0.1, 0.15) is 5.60 Å². The lowest BCUT2D eigenvalue weighted by Gasteiger charge is -2.25. The number of fused-ring (bicyclic) bond motifs is 1. The number of nitrogens with zero attached hydrogens (tertiary/aromatic N) is 2. The molecule has 16 heavy (non-hydrogen) atoms. The molecule has 1 aliphatic heterocycles. The third-order valence-electron chi connectivity index (χ3n) is 3.15.